The van der Waals surface area contributed by atoms with E-state index >= 15 is 0 Å². The number of nitrogens with zero attached hydrogens (tertiary/aromatic N) is 2. The lowest BCUT2D eigenvalue weighted by Crippen LogP contribution is -2.42. The number of likely N-dealkylation sites (tertiary alicyclic amines) is 1. The Morgan fingerprint density at radius 1 is 1.16 bits per heavy atom. The maximum absolute atomic E-state index is 13.9. The second-order valence-electron chi connectivity index (χ2n) is 8.23. The number of rotatable bonds is 5. The molecule has 0 bridgehead atoms. The molecule has 0 spiro atoms. The zero-order valence-electron chi connectivity index (χ0n) is 17.2. The van der Waals surface area contributed by atoms with Crippen LogP contribution in [0.2, 0.25) is 0 Å². The van der Waals surface area contributed by atoms with Crippen molar-refractivity contribution in [1.82, 2.24) is 4.90 Å². The number of carbonyl (C=O) groups is 1. The van der Waals surface area contributed by atoms with Gasteiger partial charge in [0, 0.05) is 19.2 Å². The number of halogens is 5. The first-order valence-electron chi connectivity index (χ1n) is 9.46. The number of hydrogen-bond acceptors (Lipinski definition) is 5. The van der Waals surface area contributed by atoms with E-state index in [-0.39, 0.29) is 12.5 Å². The Kier molecular flexibility index (Phi) is 7.01. The van der Waals surface area contributed by atoms with Gasteiger partial charge in [-0.3, -0.25) is 10.1 Å². The maximum atomic E-state index is 13.9. The molecule has 31 heavy (non-hydrogen) atoms. The molecule has 2 rings (SSSR count). The van der Waals surface area contributed by atoms with Gasteiger partial charge in [0.05, 0.1) is 23.2 Å². The summed E-state index contributed by atoms with van der Waals surface area (Å²) in [5.41, 5.74) is -2.83. The normalized spacial score (nSPS) is 16.2. The van der Waals surface area contributed by atoms with Gasteiger partial charge in [-0.2, -0.15) is 22.0 Å². The van der Waals surface area contributed by atoms with Gasteiger partial charge in [0.2, 0.25) is 0 Å². The van der Waals surface area contributed by atoms with Crippen LogP contribution in [0, 0.1) is 16.0 Å². The molecule has 1 amide bonds. The van der Waals surface area contributed by atoms with E-state index in [0.29, 0.717) is 44.1 Å². The van der Waals surface area contributed by atoms with Crippen molar-refractivity contribution in [3.8, 4) is 5.75 Å². The molecule has 1 saturated heterocycles. The molecule has 0 atom stereocenters. The lowest BCUT2D eigenvalue weighted by molar-refractivity contribution is -0.385. The molecule has 174 valence electrons. The SMILES string of the molecule is CC(C)(C)OC(=O)N1CCC(COc2cc([N+](=O)[O-])ccc2C(F)(F)C(F)(F)F)CC1. The van der Waals surface area contributed by atoms with E-state index < -0.39 is 45.7 Å². The molecule has 0 N–H and O–H groups in total. The number of non-ortho nitro benzene ring substituents is 1. The molecular formula is C19H23F5N2O5. The molecule has 1 aliphatic heterocycles. The minimum absolute atomic E-state index is 0.232. The molecule has 1 aliphatic rings. The summed E-state index contributed by atoms with van der Waals surface area (Å²) in [7, 11) is 0. The van der Waals surface area contributed by atoms with Crippen molar-refractivity contribution in [1.29, 1.82) is 0 Å². The second-order valence-corrected chi connectivity index (χ2v) is 8.23. The van der Waals surface area contributed by atoms with Crippen LogP contribution in [0.15, 0.2) is 18.2 Å². The molecule has 0 saturated carbocycles. The van der Waals surface area contributed by atoms with Gasteiger partial charge in [-0.1, -0.05) is 0 Å². The lowest BCUT2D eigenvalue weighted by Gasteiger charge is -2.33. The third-order valence-electron chi connectivity index (χ3n) is 4.61. The highest BCUT2D eigenvalue weighted by Crippen LogP contribution is 2.48. The van der Waals surface area contributed by atoms with Gasteiger partial charge in [-0.15, -0.1) is 0 Å². The minimum atomic E-state index is -5.89. The molecule has 0 aliphatic carbocycles. The Balaban J connectivity index is 2.09. The van der Waals surface area contributed by atoms with Crippen molar-refractivity contribution in [3.63, 3.8) is 0 Å². The van der Waals surface area contributed by atoms with Crippen molar-refractivity contribution >= 4 is 11.8 Å². The molecule has 0 unspecified atom stereocenters. The fourth-order valence-corrected chi connectivity index (χ4v) is 2.97. The van der Waals surface area contributed by atoms with Crippen molar-refractivity contribution in [2.24, 2.45) is 5.92 Å². The zero-order chi connectivity index (χ0) is 23.6. The molecule has 12 heteroatoms. The smallest absolute Gasteiger partial charge is 0.458 e. The first-order valence-corrected chi connectivity index (χ1v) is 9.46. The van der Waals surface area contributed by atoms with Crippen LogP contribution in [0.5, 0.6) is 5.75 Å². The summed E-state index contributed by atoms with van der Waals surface area (Å²) in [6.07, 6.45) is -5.59. The summed E-state index contributed by atoms with van der Waals surface area (Å²) in [6, 6.07) is 1.48. The molecule has 1 fully saturated rings. The van der Waals surface area contributed by atoms with Crippen molar-refractivity contribution in [2.45, 2.75) is 51.3 Å². The summed E-state index contributed by atoms with van der Waals surface area (Å²) >= 11 is 0. The van der Waals surface area contributed by atoms with Crippen LogP contribution >= 0.6 is 0 Å². The van der Waals surface area contributed by atoms with Crippen LogP contribution in [-0.2, 0) is 10.7 Å². The Morgan fingerprint density at radius 3 is 2.23 bits per heavy atom. The van der Waals surface area contributed by atoms with E-state index in [1.54, 1.807) is 20.8 Å². The number of nitro benzene ring substituents is 1. The van der Waals surface area contributed by atoms with E-state index in [4.69, 9.17) is 9.47 Å². The standard InChI is InChI=1S/C19H23F5N2O5/c1-17(2,3)31-16(27)25-8-6-12(7-9-25)11-30-15-10-13(26(28)29)4-5-14(15)18(20,21)19(22,23)24/h4-5,10,12H,6-9,11H2,1-3H3. The summed E-state index contributed by atoms with van der Waals surface area (Å²) in [5.74, 6) is -6.38. The number of ether oxygens (including phenoxy) is 2. The Morgan fingerprint density at radius 2 is 1.74 bits per heavy atom. The number of carbonyl (C=O) groups excluding carboxylic acids is 1. The van der Waals surface area contributed by atoms with Gasteiger partial charge in [0.15, 0.2) is 0 Å². The molecule has 1 aromatic carbocycles. The van der Waals surface area contributed by atoms with Crippen molar-refractivity contribution < 1.29 is 41.1 Å². The zero-order valence-corrected chi connectivity index (χ0v) is 17.2. The van der Waals surface area contributed by atoms with E-state index in [1.165, 1.54) is 4.90 Å². The lowest BCUT2D eigenvalue weighted by atomic mass is 9.98. The number of piperidine rings is 1. The first-order chi connectivity index (χ1) is 14.1. The molecule has 0 radical (unpaired) electrons. The number of hydrogen-bond donors (Lipinski definition) is 0. The minimum Gasteiger partial charge on any atom is -0.493 e. The van der Waals surface area contributed by atoms with Crippen LogP contribution in [0.1, 0.15) is 39.2 Å². The second kappa shape index (κ2) is 8.83. The van der Waals surface area contributed by atoms with Gasteiger partial charge in [-0.25, -0.2) is 4.79 Å². The summed E-state index contributed by atoms with van der Waals surface area (Å²) in [6.45, 7) is 5.52. The summed E-state index contributed by atoms with van der Waals surface area (Å²) in [4.78, 5) is 23.5. The molecule has 1 aromatic rings. The van der Waals surface area contributed by atoms with E-state index in [0.717, 1.165) is 0 Å². The highest BCUT2D eigenvalue weighted by atomic mass is 19.4. The first kappa shape index (κ1) is 24.6. The summed E-state index contributed by atoms with van der Waals surface area (Å²) < 4.78 is 76.6. The fraction of sp³-hybridized carbons (Fsp3) is 0.632. The number of benzene rings is 1. The Hall–Kier alpha value is -2.66. The molecule has 1 heterocycles. The van der Waals surface area contributed by atoms with Gasteiger partial charge in [-0.05, 0) is 45.6 Å². The molecule has 7 nitrogen and oxygen atoms in total. The predicted molar refractivity (Wildman–Crippen MR) is 99.1 cm³/mol. The van der Waals surface area contributed by atoms with E-state index in [1.807, 2.05) is 0 Å². The number of amides is 1. The van der Waals surface area contributed by atoms with Crippen LogP contribution in [0.25, 0.3) is 0 Å². The van der Waals surface area contributed by atoms with Gasteiger partial charge in [0.25, 0.3) is 5.69 Å². The highest BCUT2D eigenvalue weighted by molar-refractivity contribution is 5.68. The van der Waals surface area contributed by atoms with E-state index in [9.17, 15) is 36.9 Å². The number of nitro groups is 1. The van der Waals surface area contributed by atoms with Gasteiger partial charge in [0.1, 0.15) is 11.4 Å². The van der Waals surface area contributed by atoms with Gasteiger partial charge < -0.3 is 14.4 Å². The number of alkyl halides is 5. The van der Waals surface area contributed by atoms with Crippen molar-refractivity contribution in [2.75, 3.05) is 19.7 Å². The predicted octanol–water partition coefficient (Wildman–Crippen LogP) is 5.27. The average molecular weight is 454 g/mol. The van der Waals surface area contributed by atoms with Crippen LogP contribution < -0.4 is 4.74 Å². The topological polar surface area (TPSA) is 81.9 Å². The van der Waals surface area contributed by atoms with Gasteiger partial charge >= 0.3 is 18.2 Å². The highest BCUT2D eigenvalue weighted by Gasteiger charge is 2.60. The monoisotopic (exact) mass is 454 g/mol. The average Bonchev–Trinajstić information content (AvgIpc) is 2.64. The van der Waals surface area contributed by atoms with Crippen LogP contribution in [0.4, 0.5) is 32.4 Å². The third kappa shape index (κ3) is 6.17. The largest absolute Gasteiger partial charge is 0.493 e. The maximum Gasteiger partial charge on any atom is 0.458 e. The molecular weight excluding hydrogens is 431 g/mol. The van der Waals surface area contributed by atoms with Crippen LogP contribution in [0.3, 0.4) is 0 Å². The summed E-state index contributed by atoms with van der Waals surface area (Å²) in [5, 5.41) is 10.9. The van der Waals surface area contributed by atoms with Crippen molar-refractivity contribution in [3.05, 3.63) is 33.9 Å². The van der Waals surface area contributed by atoms with E-state index in [2.05, 4.69) is 0 Å². The quantitative estimate of drug-likeness (QED) is 0.344. The fourth-order valence-electron chi connectivity index (χ4n) is 2.97. The molecule has 0 aromatic heterocycles. The Bertz CT molecular complexity index is 815. The Labute approximate surface area is 175 Å². The third-order valence-corrected chi connectivity index (χ3v) is 4.61. The van der Waals surface area contributed by atoms with Crippen LogP contribution in [-0.4, -0.2) is 47.4 Å².